The van der Waals surface area contributed by atoms with Gasteiger partial charge in [-0.1, -0.05) is 18.2 Å². The van der Waals surface area contributed by atoms with Gasteiger partial charge in [0.1, 0.15) is 17.3 Å². The fourth-order valence-corrected chi connectivity index (χ4v) is 2.16. The van der Waals surface area contributed by atoms with E-state index in [0.29, 0.717) is 17.8 Å². The highest BCUT2D eigenvalue weighted by Gasteiger charge is 2.31. The second-order valence-corrected chi connectivity index (χ2v) is 4.10. The molecule has 1 aliphatic carbocycles. The Hall–Kier alpha value is -1.90. The summed E-state index contributed by atoms with van der Waals surface area (Å²) < 4.78 is 5.61. The van der Waals surface area contributed by atoms with Gasteiger partial charge in [-0.3, -0.25) is 9.59 Å². The molecule has 0 atom stereocenters. The maximum Gasteiger partial charge on any atom is 0.169 e. The molecule has 1 aliphatic heterocycles. The van der Waals surface area contributed by atoms with E-state index >= 15 is 0 Å². The molecule has 0 unspecified atom stereocenters. The Morgan fingerprint density at radius 1 is 1.00 bits per heavy atom. The zero-order valence-electron chi connectivity index (χ0n) is 8.66. The molecule has 80 valence electrons. The molecule has 0 N–H and O–H groups in total. The largest absolute Gasteiger partial charge is 0.461 e. The quantitative estimate of drug-likeness (QED) is 0.618. The normalized spacial score (nSPS) is 19.0. The monoisotopic (exact) mass is 214 g/mol. The average molecular weight is 214 g/mol. The maximum absolute atomic E-state index is 11.7. The molecule has 0 saturated carbocycles. The standard InChI is InChI=1S/C13H10O3/c14-9-6-11(15)10-5-8-3-1-2-4-12(8)16-13(10)7-9/h1-4H,5-7H2. The summed E-state index contributed by atoms with van der Waals surface area (Å²) >= 11 is 0. The van der Waals surface area contributed by atoms with Crippen molar-refractivity contribution in [1.82, 2.24) is 0 Å². The molecule has 3 heteroatoms. The number of carbonyl (C=O) groups is 2. The van der Waals surface area contributed by atoms with Crippen LogP contribution in [-0.2, 0) is 16.0 Å². The molecule has 0 fully saturated rings. The molecular weight excluding hydrogens is 204 g/mol. The molecule has 0 bridgehead atoms. The van der Waals surface area contributed by atoms with Gasteiger partial charge in [0.2, 0.25) is 0 Å². The second kappa shape index (κ2) is 3.30. The van der Waals surface area contributed by atoms with Crippen molar-refractivity contribution in [2.75, 3.05) is 0 Å². The molecule has 1 heterocycles. The van der Waals surface area contributed by atoms with E-state index < -0.39 is 0 Å². The van der Waals surface area contributed by atoms with Gasteiger partial charge in [-0.2, -0.15) is 0 Å². The number of ether oxygens (including phenoxy) is 1. The molecule has 0 aromatic heterocycles. The average Bonchev–Trinajstić information content (AvgIpc) is 2.27. The van der Waals surface area contributed by atoms with Crippen LogP contribution in [0.15, 0.2) is 35.6 Å². The van der Waals surface area contributed by atoms with E-state index in [4.69, 9.17) is 4.74 Å². The Morgan fingerprint density at radius 2 is 1.81 bits per heavy atom. The van der Waals surface area contributed by atoms with Crippen LogP contribution in [0, 0.1) is 0 Å². The lowest BCUT2D eigenvalue weighted by molar-refractivity contribution is -0.126. The fraction of sp³-hybridized carbons (Fsp3) is 0.231. The Kier molecular flexibility index (Phi) is 1.93. The van der Waals surface area contributed by atoms with Crippen LogP contribution in [0.4, 0.5) is 0 Å². The predicted octanol–water partition coefficient (Wildman–Crippen LogP) is 1.81. The van der Waals surface area contributed by atoms with E-state index in [2.05, 4.69) is 0 Å². The Balaban J connectivity index is 2.05. The fourth-order valence-electron chi connectivity index (χ4n) is 2.16. The molecule has 1 aromatic carbocycles. The number of hydrogen-bond acceptors (Lipinski definition) is 3. The summed E-state index contributed by atoms with van der Waals surface area (Å²) in [5, 5.41) is 0. The van der Waals surface area contributed by atoms with Gasteiger partial charge in [-0.15, -0.1) is 0 Å². The van der Waals surface area contributed by atoms with Crippen LogP contribution >= 0.6 is 0 Å². The topological polar surface area (TPSA) is 43.4 Å². The van der Waals surface area contributed by atoms with Gasteiger partial charge in [0, 0.05) is 12.0 Å². The summed E-state index contributed by atoms with van der Waals surface area (Å²) in [6.07, 6.45) is 0.886. The summed E-state index contributed by atoms with van der Waals surface area (Å²) in [7, 11) is 0. The molecule has 3 rings (SSSR count). The van der Waals surface area contributed by atoms with E-state index in [-0.39, 0.29) is 24.4 Å². The van der Waals surface area contributed by atoms with Gasteiger partial charge in [0.05, 0.1) is 12.8 Å². The van der Waals surface area contributed by atoms with Crippen molar-refractivity contribution in [2.24, 2.45) is 0 Å². The molecule has 0 amide bonds. The zero-order valence-corrected chi connectivity index (χ0v) is 8.66. The molecular formula is C13H10O3. The first-order valence-corrected chi connectivity index (χ1v) is 5.27. The lowest BCUT2D eigenvalue weighted by atomic mass is 9.89. The van der Waals surface area contributed by atoms with E-state index in [9.17, 15) is 9.59 Å². The van der Waals surface area contributed by atoms with Crippen LogP contribution in [0.5, 0.6) is 5.75 Å². The molecule has 0 radical (unpaired) electrons. The summed E-state index contributed by atoms with van der Waals surface area (Å²) in [4.78, 5) is 23.0. The van der Waals surface area contributed by atoms with Crippen molar-refractivity contribution in [3.63, 3.8) is 0 Å². The number of rotatable bonds is 0. The minimum atomic E-state index is -0.0826. The van der Waals surface area contributed by atoms with Crippen molar-refractivity contribution in [3.8, 4) is 5.75 Å². The zero-order chi connectivity index (χ0) is 11.1. The number of fused-ring (bicyclic) bond motifs is 1. The molecule has 16 heavy (non-hydrogen) atoms. The van der Waals surface area contributed by atoms with Gasteiger partial charge in [-0.05, 0) is 11.6 Å². The second-order valence-electron chi connectivity index (χ2n) is 4.10. The molecule has 2 aliphatic rings. The lowest BCUT2D eigenvalue weighted by Crippen LogP contribution is -2.25. The third-order valence-corrected chi connectivity index (χ3v) is 2.96. The third kappa shape index (κ3) is 1.36. The highest BCUT2D eigenvalue weighted by molar-refractivity contribution is 6.11. The first-order valence-electron chi connectivity index (χ1n) is 5.27. The van der Waals surface area contributed by atoms with E-state index in [1.807, 2.05) is 24.3 Å². The van der Waals surface area contributed by atoms with Crippen molar-refractivity contribution in [2.45, 2.75) is 19.3 Å². The minimum Gasteiger partial charge on any atom is -0.461 e. The third-order valence-electron chi connectivity index (χ3n) is 2.96. The summed E-state index contributed by atoms with van der Waals surface area (Å²) in [5.74, 6) is 1.19. The van der Waals surface area contributed by atoms with Crippen LogP contribution in [0.2, 0.25) is 0 Å². The number of Topliss-reactive ketones (excluding diaryl/α,β-unsaturated/α-hetero) is 2. The number of benzene rings is 1. The summed E-state index contributed by atoms with van der Waals surface area (Å²) in [5.41, 5.74) is 1.70. The van der Waals surface area contributed by atoms with Crippen LogP contribution < -0.4 is 4.74 Å². The predicted molar refractivity (Wildman–Crippen MR) is 57.0 cm³/mol. The Labute approximate surface area is 92.7 Å². The Morgan fingerprint density at radius 3 is 2.69 bits per heavy atom. The molecule has 1 aromatic rings. The van der Waals surface area contributed by atoms with Crippen molar-refractivity contribution >= 4 is 11.6 Å². The van der Waals surface area contributed by atoms with Crippen LogP contribution in [0.3, 0.4) is 0 Å². The smallest absolute Gasteiger partial charge is 0.169 e. The van der Waals surface area contributed by atoms with Gasteiger partial charge >= 0.3 is 0 Å². The first-order chi connectivity index (χ1) is 7.74. The highest BCUT2D eigenvalue weighted by Crippen LogP contribution is 2.34. The van der Waals surface area contributed by atoms with Crippen LogP contribution in [-0.4, -0.2) is 11.6 Å². The van der Waals surface area contributed by atoms with E-state index in [1.165, 1.54) is 0 Å². The van der Waals surface area contributed by atoms with Crippen molar-refractivity contribution < 1.29 is 14.3 Å². The summed E-state index contributed by atoms with van der Waals surface area (Å²) in [6.45, 7) is 0. The Bertz CT molecular complexity index is 526. The van der Waals surface area contributed by atoms with Gasteiger partial charge < -0.3 is 4.74 Å². The number of carbonyl (C=O) groups excluding carboxylic acids is 2. The number of hydrogen-bond donors (Lipinski definition) is 0. The number of ketones is 2. The maximum atomic E-state index is 11.7. The van der Waals surface area contributed by atoms with Crippen molar-refractivity contribution in [1.29, 1.82) is 0 Å². The van der Waals surface area contributed by atoms with Gasteiger partial charge in [0.25, 0.3) is 0 Å². The summed E-state index contributed by atoms with van der Waals surface area (Å²) in [6, 6.07) is 7.62. The van der Waals surface area contributed by atoms with Crippen molar-refractivity contribution in [3.05, 3.63) is 41.2 Å². The van der Waals surface area contributed by atoms with Crippen LogP contribution in [0.1, 0.15) is 18.4 Å². The molecule has 0 spiro atoms. The lowest BCUT2D eigenvalue weighted by Gasteiger charge is -2.25. The first kappa shape index (κ1) is 9.33. The number of para-hydroxylation sites is 1. The number of allylic oxidation sites excluding steroid dienone is 2. The molecule has 0 saturated heterocycles. The SMILES string of the molecule is O=C1CC(=O)C2=C(C1)Oc1ccccc1C2. The van der Waals surface area contributed by atoms with Gasteiger partial charge in [-0.25, -0.2) is 0 Å². The van der Waals surface area contributed by atoms with E-state index in [1.54, 1.807) is 0 Å². The molecule has 3 nitrogen and oxygen atoms in total. The minimum absolute atomic E-state index is 0.0321. The van der Waals surface area contributed by atoms with E-state index in [0.717, 1.165) is 11.3 Å². The highest BCUT2D eigenvalue weighted by atomic mass is 16.5. The van der Waals surface area contributed by atoms with Crippen LogP contribution in [0.25, 0.3) is 0 Å². The van der Waals surface area contributed by atoms with Gasteiger partial charge in [0.15, 0.2) is 5.78 Å².